The number of carbonyl (C=O) groups is 1. The van der Waals surface area contributed by atoms with Gasteiger partial charge in [0.15, 0.2) is 0 Å². The molecule has 2 heterocycles. The van der Waals surface area contributed by atoms with Gasteiger partial charge in [-0.1, -0.05) is 5.16 Å². The van der Waals surface area contributed by atoms with Crippen molar-refractivity contribution in [1.29, 1.82) is 0 Å². The van der Waals surface area contributed by atoms with Crippen LogP contribution in [0.4, 0.5) is 0 Å². The summed E-state index contributed by atoms with van der Waals surface area (Å²) >= 11 is 0. The van der Waals surface area contributed by atoms with Gasteiger partial charge >= 0.3 is 0 Å². The highest BCUT2D eigenvalue weighted by molar-refractivity contribution is 5.85. The van der Waals surface area contributed by atoms with Crippen LogP contribution >= 0.6 is 0 Å². The van der Waals surface area contributed by atoms with Crippen molar-refractivity contribution in [2.24, 2.45) is 0 Å². The normalized spacial score (nSPS) is 17.4. The molecular formula is C13H22N4O2. The van der Waals surface area contributed by atoms with Crippen molar-refractivity contribution in [2.45, 2.75) is 32.9 Å². The molecule has 2 N–H and O–H groups in total. The molecule has 1 aromatic heterocycles. The third-order valence-corrected chi connectivity index (χ3v) is 3.57. The van der Waals surface area contributed by atoms with E-state index in [0.717, 1.165) is 37.6 Å². The molecule has 6 nitrogen and oxygen atoms in total. The van der Waals surface area contributed by atoms with Crippen LogP contribution in [0.1, 0.15) is 25.3 Å². The minimum absolute atomic E-state index is 0.0232. The number of hydrogen-bond donors (Lipinski definition) is 2. The molecule has 0 aromatic carbocycles. The number of rotatable bonds is 4. The van der Waals surface area contributed by atoms with Crippen molar-refractivity contribution in [2.75, 3.05) is 26.2 Å². The summed E-state index contributed by atoms with van der Waals surface area (Å²) < 4.78 is 4.98. The largest absolute Gasteiger partial charge is 0.361 e. The first kappa shape index (κ1) is 14.0. The van der Waals surface area contributed by atoms with Crippen LogP contribution in [0.25, 0.3) is 0 Å². The zero-order chi connectivity index (χ0) is 13.9. The summed E-state index contributed by atoms with van der Waals surface area (Å²) in [5, 5.41) is 10.1. The van der Waals surface area contributed by atoms with Crippen LogP contribution in [-0.4, -0.2) is 47.7 Å². The number of carbonyl (C=O) groups excluding carboxylic acids is 1. The summed E-state index contributed by atoms with van der Waals surface area (Å²) in [6.07, 6.45) is 0. The van der Waals surface area contributed by atoms with E-state index in [1.807, 2.05) is 26.8 Å². The summed E-state index contributed by atoms with van der Waals surface area (Å²) in [5.74, 6) is 0.778. The van der Waals surface area contributed by atoms with Crippen LogP contribution in [0.5, 0.6) is 0 Å². The number of amides is 1. The van der Waals surface area contributed by atoms with Gasteiger partial charge in [0.25, 0.3) is 0 Å². The summed E-state index contributed by atoms with van der Waals surface area (Å²) in [6, 6.07) is 1.83. The number of aryl methyl sites for hydroxylation is 1. The second-order valence-corrected chi connectivity index (χ2v) is 5.41. The number of hydrogen-bond acceptors (Lipinski definition) is 5. The van der Waals surface area contributed by atoms with E-state index in [-0.39, 0.29) is 5.91 Å². The van der Waals surface area contributed by atoms with Crippen LogP contribution < -0.4 is 10.6 Å². The minimum atomic E-state index is -0.499. The minimum Gasteiger partial charge on any atom is -0.361 e. The number of nitrogens with one attached hydrogen (secondary N) is 2. The van der Waals surface area contributed by atoms with Gasteiger partial charge in [-0.15, -0.1) is 0 Å². The molecule has 0 bridgehead atoms. The van der Waals surface area contributed by atoms with E-state index in [2.05, 4.69) is 20.7 Å². The standard InChI is InChI=1S/C13H22N4O2/c1-10-8-11(16-19-10)9-15-12(18)13(2,3)17-6-4-14-5-7-17/h8,14H,4-7,9H2,1-3H3,(H,15,18). The van der Waals surface area contributed by atoms with Crippen LogP contribution in [0, 0.1) is 6.92 Å². The van der Waals surface area contributed by atoms with Crippen molar-refractivity contribution < 1.29 is 9.32 Å². The SMILES string of the molecule is Cc1cc(CNC(=O)C(C)(C)N2CCNCC2)no1. The Morgan fingerprint density at radius 3 is 2.79 bits per heavy atom. The van der Waals surface area contributed by atoms with E-state index in [0.29, 0.717) is 6.54 Å². The van der Waals surface area contributed by atoms with E-state index in [9.17, 15) is 4.79 Å². The Balaban J connectivity index is 1.90. The molecule has 106 valence electrons. The lowest BCUT2D eigenvalue weighted by Gasteiger charge is -2.39. The van der Waals surface area contributed by atoms with Gasteiger partial charge in [0.2, 0.25) is 5.91 Å². The monoisotopic (exact) mass is 266 g/mol. The topological polar surface area (TPSA) is 70.4 Å². The van der Waals surface area contributed by atoms with Gasteiger partial charge in [0.1, 0.15) is 11.5 Å². The van der Waals surface area contributed by atoms with E-state index < -0.39 is 5.54 Å². The van der Waals surface area contributed by atoms with Crippen molar-refractivity contribution in [3.05, 3.63) is 17.5 Å². The molecule has 1 aliphatic rings. The van der Waals surface area contributed by atoms with Crippen molar-refractivity contribution in [3.63, 3.8) is 0 Å². The Morgan fingerprint density at radius 2 is 2.21 bits per heavy atom. The van der Waals surface area contributed by atoms with Crippen LogP contribution in [0.15, 0.2) is 10.6 Å². The average Bonchev–Trinajstić information content (AvgIpc) is 2.82. The van der Waals surface area contributed by atoms with E-state index >= 15 is 0 Å². The summed E-state index contributed by atoms with van der Waals surface area (Å²) in [7, 11) is 0. The lowest BCUT2D eigenvalue weighted by Crippen LogP contribution is -2.59. The maximum atomic E-state index is 12.3. The molecule has 0 aliphatic carbocycles. The summed E-state index contributed by atoms with van der Waals surface area (Å²) in [6.45, 7) is 9.81. The molecule has 6 heteroatoms. The Morgan fingerprint density at radius 1 is 1.53 bits per heavy atom. The average molecular weight is 266 g/mol. The number of nitrogens with zero attached hydrogens (tertiary/aromatic N) is 2. The molecule has 0 unspecified atom stereocenters. The highest BCUT2D eigenvalue weighted by atomic mass is 16.5. The van der Waals surface area contributed by atoms with Crippen LogP contribution in [-0.2, 0) is 11.3 Å². The lowest BCUT2D eigenvalue weighted by atomic mass is 10.0. The highest BCUT2D eigenvalue weighted by Crippen LogP contribution is 2.15. The smallest absolute Gasteiger partial charge is 0.240 e. The van der Waals surface area contributed by atoms with E-state index in [1.54, 1.807) is 0 Å². The molecule has 0 spiro atoms. The third kappa shape index (κ3) is 3.33. The second kappa shape index (κ2) is 5.71. The second-order valence-electron chi connectivity index (χ2n) is 5.41. The first-order chi connectivity index (χ1) is 9.00. The van der Waals surface area contributed by atoms with Gasteiger partial charge < -0.3 is 15.2 Å². The van der Waals surface area contributed by atoms with Gasteiger partial charge in [-0.2, -0.15) is 0 Å². The predicted molar refractivity (Wildman–Crippen MR) is 71.6 cm³/mol. The Hall–Kier alpha value is -1.40. The fraction of sp³-hybridized carbons (Fsp3) is 0.692. The predicted octanol–water partition coefficient (Wildman–Crippen LogP) is 0.283. The Labute approximate surface area is 113 Å². The molecule has 19 heavy (non-hydrogen) atoms. The molecule has 1 amide bonds. The Kier molecular flexibility index (Phi) is 4.21. The molecule has 0 atom stereocenters. The molecule has 0 saturated carbocycles. The van der Waals surface area contributed by atoms with Crippen LogP contribution in [0.3, 0.4) is 0 Å². The van der Waals surface area contributed by atoms with Gasteiger partial charge in [-0.25, -0.2) is 0 Å². The van der Waals surface area contributed by atoms with E-state index in [1.165, 1.54) is 0 Å². The van der Waals surface area contributed by atoms with Crippen molar-refractivity contribution >= 4 is 5.91 Å². The van der Waals surface area contributed by atoms with Gasteiger partial charge in [0.05, 0.1) is 12.1 Å². The molecule has 2 rings (SSSR count). The first-order valence-electron chi connectivity index (χ1n) is 6.66. The highest BCUT2D eigenvalue weighted by Gasteiger charge is 2.34. The van der Waals surface area contributed by atoms with Crippen molar-refractivity contribution in [3.8, 4) is 0 Å². The fourth-order valence-corrected chi connectivity index (χ4v) is 2.26. The maximum absolute atomic E-state index is 12.3. The fourth-order valence-electron chi connectivity index (χ4n) is 2.26. The molecule has 1 aliphatic heterocycles. The summed E-state index contributed by atoms with van der Waals surface area (Å²) in [4.78, 5) is 14.5. The molecule has 1 aromatic rings. The maximum Gasteiger partial charge on any atom is 0.240 e. The molecule has 0 radical (unpaired) electrons. The van der Waals surface area contributed by atoms with Gasteiger partial charge in [-0.05, 0) is 20.8 Å². The summed E-state index contributed by atoms with van der Waals surface area (Å²) in [5.41, 5.74) is 0.253. The zero-order valence-corrected chi connectivity index (χ0v) is 11.8. The molecular weight excluding hydrogens is 244 g/mol. The van der Waals surface area contributed by atoms with Crippen molar-refractivity contribution in [1.82, 2.24) is 20.7 Å². The molecule has 1 fully saturated rings. The quantitative estimate of drug-likeness (QED) is 0.819. The third-order valence-electron chi connectivity index (χ3n) is 3.57. The number of aromatic nitrogens is 1. The van der Waals surface area contributed by atoms with Gasteiger partial charge in [0, 0.05) is 32.2 Å². The first-order valence-corrected chi connectivity index (χ1v) is 6.66. The Bertz CT molecular complexity index is 436. The van der Waals surface area contributed by atoms with Crippen LogP contribution in [0.2, 0.25) is 0 Å². The van der Waals surface area contributed by atoms with Gasteiger partial charge in [-0.3, -0.25) is 9.69 Å². The lowest BCUT2D eigenvalue weighted by molar-refractivity contribution is -0.132. The zero-order valence-electron chi connectivity index (χ0n) is 11.8. The van der Waals surface area contributed by atoms with E-state index in [4.69, 9.17) is 4.52 Å². The molecule has 1 saturated heterocycles. The number of piperazine rings is 1.